The molecule has 0 heterocycles. The highest BCUT2D eigenvalue weighted by atomic mass is 32.2. The number of aryl methyl sites for hydroxylation is 1. The molecule has 0 fully saturated rings. The number of allylic oxidation sites excluding steroid dienone is 7. The molecule has 2 aromatic carbocycles. The number of benzene rings is 2. The normalized spacial score (nSPS) is 12.5. The van der Waals surface area contributed by atoms with Gasteiger partial charge in [0.2, 0.25) is 0 Å². The van der Waals surface area contributed by atoms with Crippen LogP contribution in [-0.2, 0) is 5.75 Å². The van der Waals surface area contributed by atoms with Crippen LogP contribution in [0.25, 0.3) is 0 Å². The molecule has 2 aromatic rings. The van der Waals surface area contributed by atoms with Gasteiger partial charge in [-0.1, -0.05) is 87.5 Å². The summed E-state index contributed by atoms with van der Waals surface area (Å²) in [5.74, 6) is 6.01. The first kappa shape index (κ1) is 29.9. The van der Waals surface area contributed by atoms with Crippen molar-refractivity contribution in [1.29, 1.82) is 0 Å². The Balaban J connectivity index is 0.00000298. The van der Waals surface area contributed by atoms with Crippen molar-refractivity contribution in [2.75, 3.05) is 6.61 Å². The zero-order valence-electron chi connectivity index (χ0n) is 22.2. The SMILES string of the molecule is C=C/C(=C/C=C(\C)COc1cccc(S(=C)Cc2cccc(C)c2C(C)=O)c1)C(=C)/C=C\C.CC. The maximum Gasteiger partial charge on any atom is 0.160 e. The molecule has 186 valence electrons. The maximum atomic E-state index is 12.1. The van der Waals surface area contributed by atoms with Gasteiger partial charge in [0.25, 0.3) is 0 Å². The first-order valence-electron chi connectivity index (χ1n) is 11.9. The van der Waals surface area contributed by atoms with Crippen molar-refractivity contribution in [2.45, 2.75) is 52.2 Å². The summed E-state index contributed by atoms with van der Waals surface area (Å²) >= 11 is 0. The minimum absolute atomic E-state index is 0.0994. The Morgan fingerprint density at radius 3 is 2.40 bits per heavy atom. The Hall–Kier alpha value is -3.17. The summed E-state index contributed by atoms with van der Waals surface area (Å²) in [6, 6.07) is 14.1. The second-order valence-electron chi connectivity index (χ2n) is 7.93. The molecule has 0 aliphatic rings. The van der Waals surface area contributed by atoms with E-state index >= 15 is 0 Å². The lowest BCUT2D eigenvalue weighted by atomic mass is 10.0. The summed E-state index contributed by atoms with van der Waals surface area (Å²) in [4.78, 5) is 13.2. The monoisotopic (exact) mass is 488 g/mol. The predicted octanol–water partition coefficient (Wildman–Crippen LogP) is 9.05. The largest absolute Gasteiger partial charge is 0.489 e. The number of carbonyl (C=O) groups is 1. The Morgan fingerprint density at radius 2 is 1.77 bits per heavy atom. The molecule has 0 amide bonds. The molecule has 35 heavy (non-hydrogen) atoms. The van der Waals surface area contributed by atoms with Gasteiger partial charge in [-0.05, 0) is 73.7 Å². The zero-order chi connectivity index (χ0) is 26.4. The van der Waals surface area contributed by atoms with E-state index in [0.717, 1.165) is 49.8 Å². The standard InChI is InChI=1S/C30H34O2S.C2H6/c1-8-12-23(4)26(9-2)18-17-22(3)20-32-28-15-11-16-29(19-28)33(7)21-27-14-10-13-24(5)30(27)25(6)31;1-2/h8-19H,2,4,7,20-21H2,1,3,5-6H3;1-2H3/b12-8-,22-17+,26-18-;. The van der Waals surface area contributed by atoms with Crippen LogP contribution in [0.4, 0.5) is 0 Å². The lowest BCUT2D eigenvalue weighted by molar-refractivity contribution is 0.101. The van der Waals surface area contributed by atoms with E-state index in [0.29, 0.717) is 6.61 Å². The number of ether oxygens (including phenoxy) is 1. The minimum Gasteiger partial charge on any atom is -0.489 e. The number of hydrogen-bond acceptors (Lipinski definition) is 2. The fourth-order valence-electron chi connectivity index (χ4n) is 3.45. The van der Waals surface area contributed by atoms with E-state index in [2.05, 4.69) is 25.1 Å². The molecule has 1 unspecified atom stereocenters. The van der Waals surface area contributed by atoms with Gasteiger partial charge in [-0.15, -0.1) is 0 Å². The highest BCUT2D eigenvalue weighted by Gasteiger charge is 2.11. The van der Waals surface area contributed by atoms with Crippen molar-refractivity contribution in [2.24, 2.45) is 0 Å². The van der Waals surface area contributed by atoms with Crippen LogP contribution >= 0.6 is 10.5 Å². The summed E-state index contributed by atoms with van der Waals surface area (Å²) in [5, 5.41) is 0. The van der Waals surface area contributed by atoms with Crippen molar-refractivity contribution in [1.82, 2.24) is 0 Å². The summed E-state index contributed by atoms with van der Waals surface area (Å²) in [7, 11) is -0.296. The lowest BCUT2D eigenvalue weighted by Gasteiger charge is -2.14. The van der Waals surface area contributed by atoms with Crippen molar-refractivity contribution in [3.05, 3.63) is 119 Å². The first-order valence-corrected chi connectivity index (χ1v) is 13.5. The van der Waals surface area contributed by atoms with E-state index in [9.17, 15) is 4.79 Å². The molecule has 0 bridgehead atoms. The quantitative estimate of drug-likeness (QED) is 0.179. The molecular formula is C32H40O2S. The number of Topliss-reactive ketones (excluding diaryl/α,β-unsaturated/α-hetero) is 1. The minimum atomic E-state index is -0.296. The Bertz CT molecular complexity index is 1150. The maximum absolute atomic E-state index is 12.1. The molecule has 0 N–H and O–H groups in total. The van der Waals surface area contributed by atoms with Gasteiger partial charge < -0.3 is 4.74 Å². The van der Waals surface area contributed by atoms with Crippen LogP contribution < -0.4 is 4.74 Å². The van der Waals surface area contributed by atoms with Crippen molar-refractivity contribution < 1.29 is 9.53 Å². The van der Waals surface area contributed by atoms with Crippen molar-refractivity contribution >= 4 is 22.1 Å². The Kier molecular flexibility index (Phi) is 13.4. The van der Waals surface area contributed by atoms with E-state index in [4.69, 9.17) is 4.74 Å². The third-order valence-electron chi connectivity index (χ3n) is 5.15. The topological polar surface area (TPSA) is 26.3 Å². The van der Waals surface area contributed by atoms with Crippen LogP contribution in [0.5, 0.6) is 5.75 Å². The molecule has 1 atom stereocenters. The van der Waals surface area contributed by atoms with Gasteiger partial charge in [-0.25, -0.2) is 0 Å². The average Bonchev–Trinajstić information content (AvgIpc) is 2.84. The Labute approximate surface area is 215 Å². The molecule has 0 spiro atoms. The summed E-state index contributed by atoms with van der Waals surface area (Å²) in [6.07, 6.45) is 9.76. The van der Waals surface area contributed by atoms with Crippen LogP contribution in [0.3, 0.4) is 0 Å². The van der Waals surface area contributed by atoms with E-state index in [1.54, 1.807) is 13.0 Å². The third kappa shape index (κ3) is 9.54. The predicted molar refractivity (Wildman–Crippen MR) is 157 cm³/mol. The number of rotatable bonds is 11. The second kappa shape index (κ2) is 15.7. The van der Waals surface area contributed by atoms with Crippen molar-refractivity contribution in [3.63, 3.8) is 0 Å². The fraction of sp³-hybridized carbons (Fsp3) is 0.250. The molecule has 0 saturated carbocycles. The smallest absolute Gasteiger partial charge is 0.160 e. The first-order chi connectivity index (χ1) is 16.8. The molecule has 0 aromatic heterocycles. The van der Waals surface area contributed by atoms with Gasteiger partial charge >= 0.3 is 0 Å². The molecule has 0 radical (unpaired) electrons. The molecular weight excluding hydrogens is 448 g/mol. The summed E-state index contributed by atoms with van der Waals surface area (Å²) in [5.41, 5.74) is 5.88. The van der Waals surface area contributed by atoms with Gasteiger partial charge in [0.15, 0.2) is 5.78 Å². The van der Waals surface area contributed by atoms with Crippen molar-refractivity contribution in [3.8, 4) is 5.75 Å². The van der Waals surface area contributed by atoms with Gasteiger partial charge in [0.1, 0.15) is 12.4 Å². The fourth-order valence-corrected chi connectivity index (χ4v) is 4.78. The molecule has 0 saturated heterocycles. The van der Waals surface area contributed by atoms with E-state index in [1.807, 2.05) is 95.3 Å². The third-order valence-corrected chi connectivity index (χ3v) is 6.73. The van der Waals surface area contributed by atoms with E-state index in [-0.39, 0.29) is 16.3 Å². The second-order valence-corrected chi connectivity index (χ2v) is 9.68. The van der Waals surface area contributed by atoms with E-state index in [1.165, 1.54) is 0 Å². The molecule has 2 rings (SSSR count). The highest BCUT2D eigenvalue weighted by molar-refractivity contribution is 8.13. The summed E-state index contributed by atoms with van der Waals surface area (Å²) in [6.45, 7) is 20.0. The highest BCUT2D eigenvalue weighted by Crippen LogP contribution is 2.33. The van der Waals surface area contributed by atoms with Crippen LogP contribution in [0.1, 0.15) is 56.1 Å². The Morgan fingerprint density at radius 1 is 1.09 bits per heavy atom. The van der Waals surface area contributed by atoms with Gasteiger partial charge in [0.05, 0.1) is 0 Å². The zero-order valence-corrected chi connectivity index (χ0v) is 23.0. The molecule has 0 aliphatic carbocycles. The lowest BCUT2D eigenvalue weighted by Crippen LogP contribution is -2.02. The van der Waals surface area contributed by atoms with Gasteiger partial charge in [-0.3, -0.25) is 4.79 Å². The molecule has 0 aliphatic heterocycles. The van der Waals surface area contributed by atoms with Gasteiger partial charge in [0, 0.05) is 16.2 Å². The molecule has 2 nitrogen and oxygen atoms in total. The average molecular weight is 489 g/mol. The summed E-state index contributed by atoms with van der Waals surface area (Å²) < 4.78 is 6.03. The number of ketones is 1. The van der Waals surface area contributed by atoms with E-state index < -0.39 is 0 Å². The number of hydrogen-bond donors (Lipinski definition) is 0. The van der Waals surface area contributed by atoms with Crippen LogP contribution in [0, 0.1) is 6.92 Å². The van der Waals surface area contributed by atoms with Gasteiger partial charge in [-0.2, -0.15) is 10.5 Å². The molecule has 3 heteroatoms. The van der Waals surface area contributed by atoms with Crippen LogP contribution in [0.15, 0.2) is 108 Å². The van der Waals surface area contributed by atoms with Crippen LogP contribution in [0.2, 0.25) is 0 Å². The van der Waals surface area contributed by atoms with Crippen LogP contribution in [-0.4, -0.2) is 18.3 Å². The number of carbonyl (C=O) groups excluding carboxylic acids is 1.